The Morgan fingerprint density at radius 1 is 1.24 bits per heavy atom. The fraction of sp³-hybridized carbons (Fsp3) is 0.323. The molecule has 2 aromatic heterocycles. The van der Waals surface area contributed by atoms with Crippen LogP contribution in [-0.2, 0) is 4.79 Å². The summed E-state index contributed by atoms with van der Waals surface area (Å²) in [5, 5.41) is 15.0. The van der Waals surface area contributed by atoms with Gasteiger partial charge in [0.1, 0.15) is 46.8 Å². The average molecular weight is 569 g/mol. The summed E-state index contributed by atoms with van der Waals surface area (Å²) in [5.74, 6) is 0.315. The SMILES string of the molecule is C[C@H](/C=C(/C#N)C(=O)N1CCCC(n2nc(-c3ccc(Oc4ccccc4)cc3F)c3c(N)ncnc32)C1)CN(C)C. The van der Waals surface area contributed by atoms with Crippen molar-refractivity contribution in [2.45, 2.75) is 25.8 Å². The molecule has 0 spiro atoms. The highest BCUT2D eigenvalue weighted by molar-refractivity contribution is 5.99. The van der Waals surface area contributed by atoms with Gasteiger partial charge in [-0.1, -0.05) is 31.2 Å². The lowest BCUT2D eigenvalue weighted by atomic mass is 10.0. The van der Waals surface area contributed by atoms with Crippen molar-refractivity contribution >= 4 is 22.8 Å². The number of nitrogens with zero attached hydrogens (tertiary/aromatic N) is 7. The second-order valence-electron chi connectivity index (χ2n) is 10.8. The Hall–Kier alpha value is -4.82. The van der Waals surface area contributed by atoms with E-state index < -0.39 is 5.82 Å². The number of nitriles is 1. The molecule has 0 saturated carbocycles. The Bertz CT molecular complexity index is 1660. The van der Waals surface area contributed by atoms with E-state index in [2.05, 4.69) is 16.0 Å². The number of para-hydroxylation sites is 1. The Morgan fingerprint density at radius 3 is 2.74 bits per heavy atom. The van der Waals surface area contributed by atoms with E-state index in [1.807, 2.05) is 44.1 Å². The van der Waals surface area contributed by atoms with Crippen LogP contribution in [0.3, 0.4) is 0 Å². The summed E-state index contributed by atoms with van der Waals surface area (Å²) in [6, 6.07) is 15.5. The molecule has 1 fully saturated rings. The van der Waals surface area contributed by atoms with E-state index in [0.29, 0.717) is 47.7 Å². The van der Waals surface area contributed by atoms with Crippen molar-refractivity contribution in [2.75, 3.05) is 39.5 Å². The lowest BCUT2D eigenvalue weighted by molar-refractivity contribution is -0.128. The number of carbonyl (C=O) groups is 1. The second-order valence-corrected chi connectivity index (χ2v) is 10.8. The van der Waals surface area contributed by atoms with Crippen LogP contribution in [0.1, 0.15) is 25.8 Å². The number of nitrogen functional groups attached to an aromatic ring is 1. The van der Waals surface area contributed by atoms with Crippen molar-refractivity contribution in [3.8, 4) is 28.8 Å². The molecule has 216 valence electrons. The van der Waals surface area contributed by atoms with E-state index in [9.17, 15) is 10.1 Å². The van der Waals surface area contributed by atoms with Crippen molar-refractivity contribution in [1.82, 2.24) is 29.5 Å². The zero-order valence-electron chi connectivity index (χ0n) is 23.9. The molecule has 2 N–H and O–H groups in total. The van der Waals surface area contributed by atoms with Crippen LogP contribution in [0.4, 0.5) is 10.2 Å². The zero-order valence-corrected chi connectivity index (χ0v) is 23.9. The number of anilines is 1. The van der Waals surface area contributed by atoms with Crippen molar-refractivity contribution in [2.24, 2.45) is 5.92 Å². The zero-order chi connectivity index (χ0) is 29.8. The summed E-state index contributed by atoms with van der Waals surface area (Å²) in [6.07, 6.45) is 4.51. The second kappa shape index (κ2) is 12.4. The standard InChI is InChI=1S/C31H33FN8O2/c1-20(17-38(2)3)14-21(16-33)31(41)39-13-7-8-22(18-39)40-30-27(29(34)35-19-36-30)28(37-40)25-12-11-24(15-26(25)32)42-23-9-5-4-6-10-23/h4-6,9-12,14-15,19-20,22H,7-8,13,17-18H2,1-3H3,(H2,34,35,36)/b21-14-/t20-,22?/m1/s1. The van der Waals surface area contributed by atoms with Crippen LogP contribution in [0.2, 0.25) is 0 Å². The molecule has 0 bridgehead atoms. The van der Waals surface area contributed by atoms with Crippen molar-refractivity contribution < 1.29 is 13.9 Å². The minimum Gasteiger partial charge on any atom is -0.457 e. The maximum Gasteiger partial charge on any atom is 0.264 e. The largest absolute Gasteiger partial charge is 0.457 e. The summed E-state index contributed by atoms with van der Waals surface area (Å²) in [6.45, 7) is 3.55. The van der Waals surface area contributed by atoms with Gasteiger partial charge < -0.3 is 20.3 Å². The number of halogens is 1. The number of fused-ring (bicyclic) bond motifs is 1. The third kappa shape index (κ3) is 6.09. The lowest BCUT2D eigenvalue weighted by Gasteiger charge is -2.33. The first kappa shape index (κ1) is 28.7. The van der Waals surface area contributed by atoms with Gasteiger partial charge in [-0.25, -0.2) is 19.0 Å². The van der Waals surface area contributed by atoms with Crippen LogP contribution in [0.5, 0.6) is 11.5 Å². The van der Waals surface area contributed by atoms with Gasteiger partial charge in [-0.2, -0.15) is 10.4 Å². The first-order valence-electron chi connectivity index (χ1n) is 13.8. The molecule has 3 heterocycles. The number of aromatic nitrogens is 4. The molecule has 1 saturated heterocycles. The number of benzene rings is 2. The fourth-order valence-corrected chi connectivity index (χ4v) is 5.39. The van der Waals surface area contributed by atoms with Crippen LogP contribution >= 0.6 is 0 Å². The Morgan fingerprint density at radius 2 is 2.02 bits per heavy atom. The summed E-state index contributed by atoms with van der Waals surface area (Å²) >= 11 is 0. The first-order chi connectivity index (χ1) is 20.2. The van der Waals surface area contributed by atoms with Gasteiger partial charge in [-0.15, -0.1) is 0 Å². The number of rotatable bonds is 8. The van der Waals surface area contributed by atoms with Crippen LogP contribution in [-0.4, -0.2) is 69.2 Å². The topological polar surface area (TPSA) is 126 Å². The molecule has 5 rings (SSSR count). The van der Waals surface area contributed by atoms with Crippen LogP contribution in [0, 0.1) is 23.1 Å². The van der Waals surface area contributed by atoms with Gasteiger partial charge >= 0.3 is 0 Å². The smallest absolute Gasteiger partial charge is 0.264 e. The maximum absolute atomic E-state index is 15.5. The Kier molecular flexibility index (Phi) is 8.45. The third-order valence-corrected chi connectivity index (χ3v) is 7.18. The monoisotopic (exact) mass is 568 g/mol. The molecule has 0 aliphatic carbocycles. The molecular formula is C31H33FN8O2. The highest BCUT2D eigenvalue weighted by Crippen LogP contribution is 2.36. The molecule has 42 heavy (non-hydrogen) atoms. The molecule has 11 heteroatoms. The van der Waals surface area contributed by atoms with E-state index in [0.717, 1.165) is 13.0 Å². The molecule has 10 nitrogen and oxygen atoms in total. The van der Waals surface area contributed by atoms with Crippen LogP contribution in [0.15, 0.2) is 66.5 Å². The third-order valence-electron chi connectivity index (χ3n) is 7.18. The minimum atomic E-state index is -0.533. The quantitative estimate of drug-likeness (QED) is 0.237. The van der Waals surface area contributed by atoms with E-state index in [1.165, 1.54) is 12.4 Å². The summed E-state index contributed by atoms with van der Waals surface area (Å²) < 4.78 is 23.0. The van der Waals surface area contributed by atoms with Crippen LogP contribution < -0.4 is 10.5 Å². The Labute approximate surface area is 243 Å². The van der Waals surface area contributed by atoms with Gasteiger partial charge in [0, 0.05) is 31.3 Å². The number of nitrogens with two attached hydrogens (primary N) is 1. The van der Waals surface area contributed by atoms with Gasteiger partial charge in [0.05, 0.1) is 11.4 Å². The molecule has 1 amide bonds. The Balaban J connectivity index is 1.45. The van der Waals surface area contributed by atoms with Gasteiger partial charge in [-0.05, 0) is 57.1 Å². The number of likely N-dealkylation sites (tertiary alicyclic amines) is 1. The van der Waals surface area contributed by atoms with Crippen molar-refractivity contribution in [1.29, 1.82) is 5.26 Å². The van der Waals surface area contributed by atoms with Gasteiger partial charge in [0.2, 0.25) is 0 Å². The maximum atomic E-state index is 15.5. The molecule has 2 atom stereocenters. The molecule has 1 aliphatic heterocycles. The normalized spacial score (nSPS) is 16.4. The number of ether oxygens (including phenoxy) is 1. The molecular weight excluding hydrogens is 535 g/mol. The molecule has 4 aromatic rings. The van der Waals surface area contributed by atoms with Crippen molar-refractivity contribution in [3.05, 3.63) is 72.3 Å². The molecule has 2 aromatic carbocycles. The van der Waals surface area contributed by atoms with Gasteiger partial charge in [-0.3, -0.25) is 4.79 Å². The fourth-order valence-electron chi connectivity index (χ4n) is 5.39. The van der Waals surface area contributed by atoms with Gasteiger partial charge in [0.25, 0.3) is 5.91 Å². The predicted molar refractivity (Wildman–Crippen MR) is 158 cm³/mol. The highest BCUT2D eigenvalue weighted by Gasteiger charge is 2.30. The van der Waals surface area contributed by atoms with E-state index in [4.69, 9.17) is 15.6 Å². The predicted octanol–water partition coefficient (Wildman–Crippen LogP) is 4.82. The average Bonchev–Trinajstić information content (AvgIpc) is 3.36. The van der Waals surface area contributed by atoms with E-state index in [1.54, 1.807) is 39.9 Å². The van der Waals surface area contributed by atoms with E-state index in [-0.39, 0.29) is 34.8 Å². The van der Waals surface area contributed by atoms with Crippen molar-refractivity contribution in [3.63, 3.8) is 0 Å². The number of piperidine rings is 1. The first-order valence-corrected chi connectivity index (χ1v) is 13.8. The number of amides is 1. The minimum absolute atomic E-state index is 0.0378. The van der Waals surface area contributed by atoms with Crippen LogP contribution in [0.25, 0.3) is 22.3 Å². The number of carbonyl (C=O) groups excluding carboxylic acids is 1. The summed E-state index contributed by atoms with van der Waals surface area (Å²) in [4.78, 5) is 25.6. The molecule has 1 unspecified atom stereocenters. The lowest BCUT2D eigenvalue weighted by Crippen LogP contribution is -2.41. The van der Waals surface area contributed by atoms with E-state index >= 15 is 4.39 Å². The molecule has 1 aliphatic rings. The van der Waals surface area contributed by atoms with Gasteiger partial charge in [0.15, 0.2) is 5.65 Å². The highest BCUT2D eigenvalue weighted by atomic mass is 19.1. The number of hydrogen-bond acceptors (Lipinski definition) is 8. The molecule has 0 radical (unpaired) electrons. The number of hydrogen-bond donors (Lipinski definition) is 1. The summed E-state index contributed by atoms with van der Waals surface area (Å²) in [7, 11) is 3.90. The summed E-state index contributed by atoms with van der Waals surface area (Å²) in [5.41, 5.74) is 7.39.